The summed E-state index contributed by atoms with van der Waals surface area (Å²) in [6, 6.07) is 8.45. The summed E-state index contributed by atoms with van der Waals surface area (Å²) in [4.78, 5) is 13.0. The number of nitrogens with two attached hydrogens (primary N) is 1. The van der Waals surface area contributed by atoms with E-state index in [-0.39, 0.29) is 0 Å². The Hall–Kier alpha value is -1.81. The van der Waals surface area contributed by atoms with Gasteiger partial charge >= 0.3 is 0 Å². The number of carbonyl (C=O) groups excluding carboxylic acids is 1. The van der Waals surface area contributed by atoms with Gasteiger partial charge in [0.05, 0.1) is 7.11 Å². The fourth-order valence-electron chi connectivity index (χ4n) is 2.04. The highest BCUT2D eigenvalue weighted by atomic mass is 16.5. The van der Waals surface area contributed by atoms with Crippen molar-refractivity contribution in [3.8, 4) is 5.75 Å². The average molecular weight is 276 g/mol. The van der Waals surface area contributed by atoms with Gasteiger partial charge in [0.25, 0.3) is 0 Å². The Morgan fingerprint density at radius 2 is 2.10 bits per heavy atom. The summed E-state index contributed by atoms with van der Waals surface area (Å²) in [6.07, 6.45) is 4.13. The molecule has 0 fully saturated rings. The van der Waals surface area contributed by atoms with E-state index in [0.717, 1.165) is 25.3 Å². The number of hydrogen-bond acceptors (Lipinski definition) is 3. The molecule has 0 spiro atoms. The third-order valence-electron chi connectivity index (χ3n) is 3.21. The molecule has 0 unspecified atom stereocenters. The van der Waals surface area contributed by atoms with E-state index < -0.39 is 5.91 Å². The monoisotopic (exact) mass is 276 g/mol. The fourth-order valence-corrected chi connectivity index (χ4v) is 2.04. The first-order chi connectivity index (χ1) is 9.54. The second-order valence-electron chi connectivity index (χ2n) is 4.96. The van der Waals surface area contributed by atoms with Gasteiger partial charge in [-0.1, -0.05) is 24.3 Å². The lowest BCUT2D eigenvalue weighted by molar-refractivity contribution is -0.113. The van der Waals surface area contributed by atoms with E-state index in [1.54, 1.807) is 7.11 Å². The molecule has 1 aromatic carbocycles. The highest BCUT2D eigenvalue weighted by Gasteiger charge is 2.09. The minimum Gasteiger partial charge on any atom is -0.496 e. The molecule has 0 atom stereocenters. The fraction of sp³-hybridized carbons (Fsp3) is 0.438. The number of para-hydroxylation sites is 1. The van der Waals surface area contributed by atoms with Gasteiger partial charge in [-0.25, -0.2) is 0 Å². The predicted molar refractivity (Wildman–Crippen MR) is 81.7 cm³/mol. The van der Waals surface area contributed by atoms with Crippen LogP contribution in [0.15, 0.2) is 36.4 Å². The number of nitrogens with zero attached hydrogens (tertiary/aromatic N) is 1. The van der Waals surface area contributed by atoms with Crippen LogP contribution in [0.4, 0.5) is 0 Å². The van der Waals surface area contributed by atoms with E-state index in [9.17, 15) is 4.79 Å². The SMILES string of the molecule is COc1ccccc1CCN(CC=CC(N)=O)C(C)C. The lowest BCUT2D eigenvalue weighted by Crippen LogP contribution is -2.33. The zero-order valence-corrected chi connectivity index (χ0v) is 12.5. The van der Waals surface area contributed by atoms with Crippen LogP contribution in [-0.2, 0) is 11.2 Å². The van der Waals surface area contributed by atoms with Crippen LogP contribution < -0.4 is 10.5 Å². The van der Waals surface area contributed by atoms with Crippen molar-refractivity contribution in [2.45, 2.75) is 26.3 Å². The van der Waals surface area contributed by atoms with Crippen LogP contribution >= 0.6 is 0 Å². The first kappa shape index (κ1) is 16.2. The minimum absolute atomic E-state index is 0.404. The maximum absolute atomic E-state index is 10.7. The number of hydrogen-bond donors (Lipinski definition) is 1. The standard InChI is InChI=1S/C16H24N2O2/c1-13(2)18(11-6-9-16(17)19)12-10-14-7-4-5-8-15(14)20-3/h4-9,13H,10-12H2,1-3H3,(H2,17,19). The van der Waals surface area contributed by atoms with Crippen molar-refractivity contribution < 1.29 is 9.53 Å². The Bertz CT molecular complexity index is 456. The van der Waals surface area contributed by atoms with Gasteiger partial charge in [0.1, 0.15) is 5.75 Å². The molecule has 0 saturated heterocycles. The third-order valence-corrected chi connectivity index (χ3v) is 3.21. The Morgan fingerprint density at radius 1 is 1.40 bits per heavy atom. The molecule has 0 bridgehead atoms. The molecule has 1 aromatic rings. The summed E-state index contributed by atoms with van der Waals surface area (Å²) >= 11 is 0. The van der Waals surface area contributed by atoms with E-state index in [0.29, 0.717) is 6.04 Å². The predicted octanol–water partition coefficient (Wildman–Crippen LogP) is 1.99. The number of ether oxygens (including phenoxy) is 1. The third kappa shape index (κ3) is 5.45. The van der Waals surface area contributed by atoms with Crippen LogP contribution in [-0.4, -0.2) is 37.0 Å². The van der Waals surface area contributed by atoms with Crippen molar-refractivity contribution >= 4 is 5.91 Å². The van der Waals surface area contributed by atoms with Gasteiger partial charge in [0, 0.05) is 19.1 Å². The molecule has 0 aliphatic rings. The minimum atomic E-state index is -0.404. The topological polar surface area (TPSA) is 55.6 Å². The van der Waals surface area contributed by atoms with Crippen LogP contribution in [0.1, 0.15) is 19.4 Å². The van der Waals surface area contributed by atoms with E-state index in [2.05, 4.69) is 24.8 Å². The first-order valence-corrected chi connectivity index (χ1v) is 6.86. The number of rotatable bonds is 8. The number of amides is 1. The van der Waals surface area contributed by atoms with E-state index in [1.807, 2.05) is 24.3 Å². The van der Waals surface area contributed by atoms with Crippen molar-refractivity contribution in [3.05, 3.63) is 42.0 Å². The lowest BCUT2D eigenvalue weighted by Gasteiger charge is -2.25. The van der Waals surface area contributed by atoms with Crippen LogP contribution in [0.5, 0.6) is 5.75 Å². The van der Waals surface area contributed by atoms with E-state index >= 15 is 0 Å². The van der Waals surface area contributed by atoms with Gasteiger partial charge in [-0.15, -0.1) is 0 Å². The lowest BCUT2D eigenvalue weighted by atomic mass is 10.1. The van der Waals surface area contributed by atoms with Crippen LogP contribution in [0.3, 0.4) is 0 Å². The Morgan fingerprint density at radius 3 is 2.70 bits per heavy atom. The summed E-state index contributed by atoms with van der Waals surface area (Å²) in [5.41, 5.74) is 6.29. The van der Waals surface area contributed by atoms with Crippen molar-refractivity contribution in [3.63, 3.8) is 0 Å². The molecule has 0 saturated carbocycles. The quantitative estimate of drug-likeness (QED) is 0.739. The van der Waals surface area contributed by atoms with Crippen LogP contribution in [0.2, 0.25) is 0 Å². The van der Waals surface area contributed by atoms with E-state index in [4.69, 9.17) is 10.5 Å². The van der Waals surface area contributed by atoms with Gasteiger partial charge < -0.3 is 10.5 Å². The zero-order valence-electron chi connectivity index (χ0n) is 12.5. The smallest absolute Gasteiger partial charge is 0.241 e. The normalized spacial score (nSPS) is 11.4. The number of carbonyl (C=O) groups is 1. The first-order valence-electron chi connectivity index (χ1n) is 6.86. The van der Waals surface area contributed by atoms with Gasteiger partial charge in [-0.3, -0.25) is 9.69 Å². The largest absolute Gasteiger partial charge is 0.496 e. The maximum atomic E-state index is 10.7. The second kappa shape index (κ2) is 8.38. The molecule has 1 rings (SSSR count). The average Bonchev–Trinajstić information content (AvgIpc) is 2.42. The van der Waals surface area contributed by atoms with Crippen molar-refractivity contribution in [2.24, 2.45) is 5.73 Å². The summed E-state index contributed by atoms with van der Waals surface area (Å²) in [5, 5.41) is 0. The molecule has 1 amide bonds. The number of primary amides is 1. The summed E-state index contributed by atoms with van der Waals surface area (Å²) in [7, 11) is 1.69. The summed E-state index contributed by atoms with van der Waals surface area (Å²) in [5.74, 6) is 0.516. The molecule has 0 aliphatic heterocycles. The van der Waals surface area contributed by atoms with Crippen molar-refractivity contribution in [2.75, 3.05) is 20.2 Å². The van der Waals surface area contributed by atoms with Gasteiger partial charge in [-0.2, -0.15) is 0 Å². The number of methoxy groups -OCH3 is 1. The van der Waals surface area contributed by atoms with Crippen molar-refractivity contribution in [1.29, 1.82) is 0 Å². The van der Waals surface area contributed by atoms with Crippen LogP contribution in [0, 0.1) is 0 Å². The maximum Gasteiger partial charge on any atom is 0.241 e. The molecule has 4 nitrogen and oxygen atoms in total. The highest BCUT2D eigenvalue weighted by Crippen LogP contribution is 2.18. The molecular formula is C16H24N2O2. The van der Waals surface area contributed by atoms with Gasteiger partial charge in [-0.05, 0) is 38.0 Å². The summed E-state index contributed by atoms with van der Waals surface area (Å²) in [6.45, 7) is 5.90. The molecule has 110 valence electrons. The molecular weight excluding hydrogens is 252 g/mol. The zero-order chi connectivity index (χ0) is 15.0. The van der Waals surface area contributed by atoms with Crippen LogP contribution in [0.25, 0.3) is 0 Å². The van der Waals surface area contributed by atoms with Crippen molar-refractivity contribution in [1.82, 2.24) is 4.90 Å². The number of benzene rings is 1. The molecule has 0 aliphatic carbocycles. The van der Waals surface area contributed by atoms with Gasteiger partial charge in [0.15, 0.2) is 0 Å². The summed E-state index contributed by atoms with van der Waals surface area (Å²) < 4.78 is 5.36. The molecule has 2 N–H and O–H groups in total. The Labute approximate surface area is 121 Å². The molecule has 0 heterocycles. The Balaban J connectivity index is 2.60. The molecule has 0 radical (unpaired) electrons. The molecule has 20 heavy (non-hydrogen) atoms. The molecule has 0 aromatic heterocycles. The van der Waals surface area contributed by atoms with Gasteiger partial charge in [0.2, 0.25) is 5.91 Å². The second-order valence-corrected chi connectivity index (χ2v) is 4.96. The molecule has 4 heteroatoms. The Kier molecular flexibility index (Phi) is 6.81. The van der Waals surface area contributed by atoms with E-state index in [1.165, 1.54) is 11.6 Å². The highest BCUT2D eigenvalue weighted by molar-refractivity contribution is 5.85.